The van der Waals surface area contributed by atoms with Crippen LogP contribution in [-0.4, -0.2) is 42.3 Å². The zero-order chi connectivity index (χ0) is 13.8. The number of anilines is 2. The van der Waals surface area contributed by atoms with Crippen molar-refractivity contribution in [1.82, 2.24) is 9.97 Å². The van der Waals surface area contributed by atoms with Crippen LogP contribution < -0.4 is 10.2 Å². The fourth-order valence-corrected chi connectivity index (χ4v) is 3.05. The normalized spacial score (nSPS) is 24.6. The summed E-state index contributed by atoms with van der Waals surface area (Å²) in [7, 11) is 0. The largest absolute Gasteiger partial charge is 0.381 e. The van der Waals surface area contributed by atoms with Crippen LogP contribution in [0.2, 0.25) is 0 Å². The third kappa shape index (κ3) is 3.39. The number of nitrogens with one attached hydrogen (secondary N) is 1. The summed E-state index contributed by atoms with van der Waals surface area (Å²) in [5.74, 6) is 2.76. The number of ether oxygens (including phenoxy) is 1. The molecule has 2 aliphatic rings. The van der Waals surface area contributed by atoms with Crippen LogP contribution >= 0.6 is 0 Å². The lowest BCUT2D eigenvalue weighted by molar-refractivity contribution is 0.0904. The molecule has 0 aromatic carbocycles. The quantitative estimate of drug-likeness (QED) is 0.918. The maximum Gasteiger partial charge on any atom is 0.134 e. The van der Waals surface area contributed by atoms with Crippen molar-refractivity contribution in [2.75, 3.05) is 36.5 Å². The molecule has 1 unspecified atom stereocenters. The first-order valence-electron chi connectivity index (χ1n) is 7.72. The van der Waals surface area contributed by atoms with Crippen molar-refractivity contribution in [3.8, 4) is 0 Å². The van der Waals surface area contributed by atoms with Gasteiger partial charge in [-0.1, -0.05) is 6.92 Å². The second-order valence-corrected chi connectivity index (χ2v) is 5.99. The summed E-state index contributed by atoms with van der Waals surface area (Å²) < 4.78 is 5.39. The Morgan fingerprint density at radius 2 is 2.10 bits per heavy atom. The number of hydrogen-bond acceptors (Lipinski definition) is 5. The van der Waals surface area contributed by atoms with E-state index < -0.39 is 0 Å². The monoisotopic (exact) mass is 276 g/mol. The van der Waals surface area contributed by atoms with E-state index in [-0.39, 0.29) is 0 Å². The van der Waals surface area contributed by atoms with Gasteiger partial charge in [0.2, 0.25) is 0 Å². The molecule has 3 rings (SSSR count). The van der Waals surface area contributed by atoms with E-state index in [0.29, 0.717) is 6.04 Å². The highest BCUT2D eigenvalue weighted by Crippen LogP contribution is 2.23. The first-order valence-corrected chi connectivity index (χ1v) is 7.72. The highest BCUT2D eigenvalue weighted by atomic mass is 16.5. The van der Waals surface area contributed by atoms with E-state index in [1.165, 1.54) is 12.8 Å². The highest BCUT2D eigenvalue weighted by molar-refractivity contribution is 5.49. The summed E-state index contributed by atoms with van der Waals surface area (Å²) in [6, 6.07) is 2.57. The van der Waals surface area contributed by atoms with Crippen LogP contribution in [0.25, 0.3) is 0 Å². The first kappa shape index (κ1) is 13.6. The van der Waals surface area contributed by atoms with E-state index >= 15 is 0 Å². The second-order valence-electron chi connectivity index (χ2n) is 5.99. The molecule has 5 heteroatoms. The molecule has 5 nitrogen and oxygen atoms in total. The van der Waals surface area contributed by atoms with E-state index in [1.807, 2.05) is 0 Å². The molecule has 0 spiro atoms. The smallest absolute Gasteiger partial charge is 0.134 e. The topological polar surface area (TPSA) is 50.3 Å². The number of aromatic nitrogens is 2. The van der Waals surface area contributed by atoms with Gasteiger partial charge in [-0.05, 0) is 31.6 Å². The second kappa shape index (κ2) is 6.39. The van der Waals surface area contributed by atoms with Gasteiger partial charge >= 0.3 is 0 Å². The van der Waals surface area contributed by atoms with Crippen molar-refractivity contribution < 1.29 is 4.74 Å². The fourth-order valence-electron chi connectivity index (χ4n) is 3.05. The first-order chi connectivity index (χ1) is 9.81. The van der Waals surface area contributed by atoms with Gasteiger partial charge in [0, 0.05) is 38.4 Å². The standard InChI is InChI=1S/C15H24N4O/c1-12-3-2-6-19(10-12)15-9-14(16-11-17-15)18-13-4-7-20-8-5-13/h9,11-13H,2-8,10H2,1H3,(H,16,17,18). The van der Waals surface area contributed by atoms with Crippen molar-refractivity contribution >= 4 is 11.6 Å². The Hall–Kier alpha value is -1.36. The Balaban J connectivity index is 1.65. The van der Waals surface area contributed by atoms with Gasteiger partial charge < -0.3 is 15.0 Å². The van der Waals surface area contributed by atoms with E-state index in [4.69, 9.17) is 4.74 Å². The van der Waals surface area contributed by atoms with Gasteiger partial charge in [0.15, 0.2) is 0 Å². The Morgan fingerprint density at radius 3 is 2.90 bits per heavy atom. The molecule has 0 amide bonds. The average Bonchev–Trinajstić information content (AvgIpc) is 2.49. The predicted octanol–water partition coefficient (Wildman–Crippen LogP) is 2.30. The molecule has 2 saturated heterocycles. The van der Waals surface area contributed by atoms with Crippen LogP contribution in [0.5, 0.6) is 0 Å². The number of rotatable bonds is 3. The third-order valence-corrected chi connectivity index (χ3v) is 4.21. The SMILES string of the molecule is CC1CCCN(c2cc(NC3CCOCC3)ncn2)C1. The highest BCUT2D eigenvalue weighted by Gasteiger charge is 2.19. The van der Waals surface area contributed by atoms with Crippen molar-refractivity contribution in [3.05, 3.63) is 12.4 Å². The molecule has 110 valence electrons. The molecular weight excluding hydrogens is 252 g/mol. The maximum atomic E-state index is 5.39. The van der Waals surface area contributed by atoms with E-state index in [9.17, 15) is 0 Å². The molecule has 1 aromatic rings. The molecule has 2 fully saturated rings. The van der Waals surface area contributed by atoms with Crippen LogP contribution in [0.3, 0.4) is 0 Å². The Bertz CT molecular complexity index is 434. The Kier molecular flexibility index (Phi) is 4.35. The average molecular weight is 276 g/mol. The van der Waals surface area contributed by atoms with Gasteiger partial charge in [0.1, 0.15) is 18.0 Å². The molecule has 1 N–H and O–H groups in total. The van der Waals surface area contributed by atoms with Crippen molar-refractivity contribution in [1.29, 1.82) is 0 Å². The zero-order valence-corrected chi connectivity index (χ0v) is 12.2. The summed E-state index contributed by atoms with van der Waals surface area (Å²) in [5.41, 5.74) is 0. The van der Waals surface area contributed by atoms with Gasteiger partial charge in [0.05, 0.1) is 0 Å². The van der Waals surface area contributed by atoms with Gasteiger partial charge in [-0.2, -0.15) is 0 Å². The van der Waals surface area contributed by atoms with Crippen LogP contribution in [0.1, 0.15) is 32.6 Å². The molecule has 0 saturated carbocycles. The Labute approximate surface area is 120 Å². The molecule has 1 aromatic heterocycles. The minimum absolute atomic E-state index is 0.478. The van der Waals surface area contributed by atoms with Crippen molar-refractivity contribution in [2.24, 2.45) is 5.92 Å². The summed E-state index contributed by atoms with van der Waals surface area (Å²) in [4.78, 5) is 11.2. The van der Waals surface area contributed by atoms with Crippen LogP contribution in [0, 0.1) is 5.92 Å². The lowest BCUT2D eigenvalue weighted by Gasteiger charge is -2.32. The van der Waals surface area contributed by atoms with Gasteiger partial charge in [-0.25, -0.2) is 9.97 Å². The zero-order valence-electron chi connectivity index (χ0n) is 12.2. The van der Waals surface area contributed by atoms with E-state index in [1.54, 1.807) is 6.33 Å². The van der Waals surface area contributed by atoms with Gasteiger partial charge in [0.25, 0.3) is 0 Å². The van der Waals surface area contributed by atoms with Crippen molar-refractivity contribution in [3.63, 3.8) is 0 Å². The van der Waals surface area contributed by atoms with Crippen LogP contribution in [-0.2, 0) is 4.74 Å². The third-order valence-electron chi connectivity index (χ3n) is 4.21. The molecule has 3 heterocycles. The summed E-state index contributed by atoms with van der Waals surface area (Å²) in [6.45, 7) is 6.22. The molecular formula is C15H24N4O. The summed E-state index contributed by atoms with van der Waals surface area (Å²) >= 11 is 0. The Morgan fingerprint density at radius 1 is 1.25 bits per heavy atom. The minimum atomic E-state index is 0.478. The fraction of sp³-hybridized carbons (Fsp3) is 0.733. The minimum Gasteiger partial charge on any atom is -0.381 e. The molecule has 0 aliphatic carbocycles. The maximum absolute atomic E-state index is 5.39. The van der Waals surface area contributed by atoms with Gasteiger partial charge in [-0.3, -0.25) is 0 Å². The van der Waals surface area contributed by atoms with Crippen LogP contribution in [0.4, 0.5) is 11.6 Å². The molecule has 20 heavy (non-hydrogen) atoms. The molecule has 2 aliphatic heterocycles. The van der Waals surface area contributed by atoms with E-state index in [0.717, 1.165) is 56.7 Å². The van der Waals surface area contributed by atoms with Crippen molar-refractivity contribution in [2.45, 2.75) is 38.6 Å². The van der Waals surface area contributed by atoms with Crippen LogP contribution in [0.15, 0.2) is 12.4 Å². The molecule has 1 atom stereocenters. The summed E-state index contributed by atoms with van der Waals surface area (Å²) in [5, 5.41) is 3.51. The number of hydrogen-bond donors (Lipinski definition) is 1. The molecule has 0 bridgehead atoms. The lowest BCUT2D eigenvalue weighted by Crippen LogP contribution is -2.35. The van der Waals surface area contributed by atoms with Gasteiger partial charge in [-0.15, -0.1) is 0 Å². The van der Waals surface area contributed by atoms with E-state index in [2.05, 4.69) is 33.2 Å². The number of piperidine rings is 1. The summed E-state index contributed by atoms with van der Waals surface area (Å²) in [6.07, 6.45) is 6.37. The predicted molar refractivity (Wildman–Crippen MR) is 80.1 cm³/mol. The molecule has 0 radical (unpaired) electrons. The number of nitrogens with zero attached hydrogens (tertiary/aromatic N) is 3. The lowest BCUT2D eigenvalue weighted by atomic mass is 10.0.